The maximum Gasteiger partial charge on any atom is 0.305 e. The number of nitrogens with one attached hydrogen (secondary N) is 3. The first-order valence-electron chi connectivity index (χ1n) is 10.2. The minimum absolute atomic E-state index is 0.00971. The van der Waals surface area contributed by atoms with E-state index in [1.54, 1.807) is 26.0 Å². The van der Waals surface area contributed by atoms with Crippen molar-refractivity contribution in [2.75, 3.05) is 5.43 Å². The van der Waals surface area contributed by atoms with Gasteiger partial charge in [0.05, 0.1) is 28.1 Å². The average Bonchev–Trinajstić information content (AvgIpc) is 3.39. The molecule has 0 atom stereocenters. The molecule has 0 saturated carbocycles. The van der Waals surface area contributed by atoms with Crippen LogP contribution in [0.5, 0.6) is 0 Å². The zero-order valence-corrected chi connectivity index (χ0v) is 17.9. The molecule has 1 aliphatic rings. The second-order valence-corrected chi connectivity index (χ2v) is 7.48. The molecule has 3 aromatic rings. The fourth-order valence-electron chi connectivity index (χ4n) is 3.64. The van der Waals surface area contributed by atoms with Crippen LogP contribution in [0.1, 0.15) is 56.4 Å². The lowest BCUT2D eigenvalue weighted by Gasteiger charge is -2.13. The molecule has 0 fully saturated rings. The minimum Gasteiger partial charge on any atom is -0.469 e. The van der Waals surface area contributed by atoms with Crippen molar-refractivity contribution in [1.29, 1.82) is 0 Å². The fourth-order valence-corrected chi connectivity index (χ4v) is 3.64. The van der Waals surface area contributed by atoms with Gasteiger partial charge in [0.25, 0.3) is 11.6 Å². The Morgan fingerprint density at radius 2 is 1.79 bits per heavy atom. The van der Waals surface area contributed by atoms with Gasteiger partial charge in [-0.1, -0.05) is 0 Å². The van der Waals surface area contributed by atoms with Crippen LogP contribution in [0.25, 0.3) is 0 Å². The number of hydrogen-bond acceptors (Lipinski definition) is 8. The summed E-state index contributed by atoms with van der Waals surface area (Å²) in [6, 6.07) is 7.42. The number of non-ortho nitro benzene ring substituents is 1. The van der Waals surface area contributed by atoms with Crippen molar-refractivity contribution in [2.24, 2.45) is 5.10 Å². The standard InChI is InChI=1S/C22H21N5O6/c1-12-19-17(24-23-14-6-8-15(9-7-14)27(30)31)4-3-5-18(19)33-20(12)22(29)26-25-21(28)16-10-11-32-13(16)2/h6-11,23H,3-5H2,1-2H3,(H,25,28)(H,26,29)/b24-17+. The maximum absolute atomic E-state index is 12.7. The summed E-state index contributed by atoms with van der Waals surface area (Å²) >= 11 is 0. The van der Waals surface area contributed by atoms with Crippen LogP contribution in [0, 0.1) is 24.0 Å². The van der Waals surface area contributed by atoms with Crippen molar-refractivity contribution in [3.63, 3.8) is 0 Å². The van der Waals surface area contributed by atoms with Crippen molar-refractivity contribution in [1.82, 2.24) is 10.9 Å². The number of amides is 2. The average molecular weight is 451 g/mol. The van der Waals surface area contributed by atoms with E-state index in [-0.39, 0.29) is 11.4 Å². The number of rotatable bonds is 5. The Hall–Kier alpha value is -4.41. The molecule has 1 aromatic carbocycles. The van der Waals surface area contributed by atoms with Crippen LogP contribution >= 0.6 is 0 Å². The summed E-state index contributed by atoms with van der Waals surface area (Å²) in [5.74, 6) is 0.0873. The van der Waals surface area contributed by atoms with Gasteiger partial charge in [0.1, 0.15) is 11.5 Å². The molecule has 170 valence electrons. The molecule has 11 nitrogen and oxygen atoms in total. The Labute approximate surface area is 188 Å². The normalized spacial score (nSPS) is 13.9. The minimum atomic E-state index is -0.584. The molecule has 0 spiro atoms. The number of benzene rings is 1. The molecule has 2 amide bonds. The predicted octanol–water partition coefficient (Wildman–Crippen LogP) is 3.62. The number of anilines is 1. The molecular weight excluding hydrogens is 430 g/mol. The smallest absolute Gasteiger partial charge is 0.305 e. The molecule has 0 bridgehead atoms. The van der Waals surface area contributed by atoms with Crippen molar-refractivity contribution in [2.45, 2.75) is 33.1 Å². The molecule has 0 radical (unpaired) electrons. The van der Waals surface area contributed by atoms with Crippen LogP contribution < -0.4 is 16.3 Å². The summed E-state index contributed by atoms with van der Waals surface area (Å²) in [5, 5.41) is 15.2. The number of fused-ring (bicyclic) bond motifs is 1. The molecule has 33 heavy (non-hydrogen) atoms. The van der Waals surface area contributed by atoms with Crippen molar-refractivity contribution < 1.29 is 23.3 Å². The first kappa shape index (κ1) is 21.8. The first-order chi connectivity index (χ1) is 15.8. The van der Waals surface area contributed by atoms with Crippen molar-refractivity contribution in [3.05, 3.63) is 80.7 Å². The summed E-state index contributed by atoms with van der Waals surface area (Å²) in [6.45, 7) is 3.40. The quantitative estimate of drug-likeness (QED) is 0.396. The highest BCUT2D eigenvalue weighted by Crippen LogP contribution is 2.30. The Bertz CT molecular complexity index is 1250. The molecule has 3 N–H and O–H groups in total. The van der Waals surface area contributed by atoms with Gasteiger partial charge in [0, 0.05) is 29.7 Å². The van der Waals surface area contributed by atoms with E-state index in [1.807, 2.05) is 0 Å². The molecule has 2 heterocycles. The Morgan fingerprint density at radius 3 is 2.45 bits per heavy atom. The molecule has 11 heteroatoms. The van der Waals surface area contributed by atoms with Crippen LogP contribution in [0.15, 0.2) is 50.5 Å². The van der Waals surface area contributed by atoms with Crippen LogP contribution in [0.4, 0.5) is 11.4 Å². The van der Waals surface area contributed by atoms with Crippen LogP contribution in [0.2, 0.25) is 0 Å². The van der Waals surface area contributed by atoms with Gasteiger partial charge in [-0.2, -0.15) is 5.10 Å². The highest BCUT2D eigenvalue weighted by molar-refractivity contribution is 6.07. The summed E-state index contributed by atoms with van der Waals surface area (Å²) in [4.78, 5) is 35.2. The van der Waals surface area contributed by atoms with E-state index >= 15 is 0 Å². The van der Waals surface area contributed by atoms with Gasteiger partial charge in [-0.15, -0.1) is 0 Å². The number of carbonyl (C=O) groups is 2. The number of carbonyl (C=O) groups excluding carboxylic acids is 2. The van der Waals surface area contributed by atoms with Gasteiger partial charge >= 0.3 is 5.91 Å². The molecular formula is C22H21N5O6. The van der Waals surface area contributed by atoms with Crippen LogP contribution in [-0.2, 0) is 6.42 Å². The summed E-state index contributed by atoms with van der Waals surface area (Å²) < 4.78 is 10.9. The SMILES string of the molecule is Cc1occc1C(=O)NNC(=O)c1oc2c(c1C)/C(=N/Nc1ccc([N+](=O)[O-])cc1)CCC2. The van der Waals surface area contributed by atoms with E-state index in [1.165, 1.54) is 24.5 Å². The molecule has 4 rings (SSSR count). The van der Waals surface area contributed by atoms with Gasteiger partial charge in [-0.05, 0) is 44.9 Å². The largest absolute Gasteiger partial charge is 0.469 e. The van der Waals surface area contributed by atoms with Crippen molar-refractivity contribution in [3.8, 4) is 0 Å². The van der Waals surface area contributed by atoms with E-state index < -0.39 is 16.7 Å². The first-order valence-corrected chi connectivity index (χ1v) is 10.2. The number of nitro groups is 1. The maximum atomic E-state index is 12.7. The third-order valence-electron chi connectivity index (χ3n) is 5.32. The van der Waals surface area contributed by atoms with Crippen molar-refractivity contribution >= 4 is 28.9 Å². The van der Waals surface area contributed by atoms with E-state index in [2.05, 4.69) is 21.4 Å². The summed E-state index contributed by atoms with van der Waals surface area (Å²) in [6.07, 6.45) is 3.51. The fraction of sp³-hybridized carbons (Fsp3) is 0.227. The van der Waals surface area contributed by atoms with Crippen LogP contribution in [0.3, 0.4) is 0 Å². The van der Waals surface area contributed by atoms with Crippen LogP contribution in [-0.4, -0.2) is 22.4 Å². The third-order valence-corrected chi connectivity index (χ3v) is 5.32. The van der Waals surface area contributed by atoms with E-state index in [4.69, 9.17) is 8.83 Å². The third kappa shape index (κ3) is 4.47. The monoisotopic (exact) mass is 451 g/mol. The zero-order chi connectivity index (χ0) is 23.5. The number of aryl methyl sites for hydroxylation is 2. The number of hydrazine groups is 1. The Kier molecular flexibility index (Phi) is 5.94. The van der Waals surface area contributed by atoms with Gasteiger partial charge < -0.3 is 8.83 Å². The predicted molar refractivity (Wildman–Crippen MR) is 118 cm³/mol. The number of nitro benzene ring substituents is 1. The lowest BCUT2D eigenvalue weighted by Crippen LogP contribution is -2.41. The van der Waals surface area contributed by atoms with Gasteiger partial charge in [0.15, 0.2) is 5.76 Å². The number of nitrogens with zero attached hydrogens (tertiary/aromatic N) is 2. The molecule has 2 aromatic heterocycles. The van der Waals surface area contributed by atoms with E-state index in [0.717, 1.165) is 12.0 Å². The summed E-state index contributed by atoms with van der Waals surface area (Å²) in [5.41, 5.74) is 10.6. The number of hydrazone groups is 1. The number of hydrogen-bond donors (Lipinski definition) is 3. The molecule has 1 aliphatic carbocycles. The molecule has 0 saturated heterocycles. The van der Waals surface area contributed by atoms with Gasteiger partial charge in [-0.25, -0.2) is 0 Å². The second kappa shape index (κ2) is 8.99. The highest BCUT2D eigenvalue weighted by Gasteiger charge is 2.28. The number of furan rings is 2. The molecule has 0 unspecified atom stereocenters. The molecule has 0 aliphatic heterocycles. The second-order valence-electron chi connectivity index (χ2n) is 7.48. The van der Waals surface area contributed by atoms with E-state index in [9.17, 15) is 19.7 Å². The van der Waals surface area contributed by atoms with Gasteiger partial charge in [0.2, 0.25) is 0 Å². The lowest BCUT2D eigenvalue weighted by atomic mass is 9.93. The van der Waals surface area contributed by atoms with Gasteiger partial charge in [-0.3, -0.25) is 36.0 Å². The zero-order valence-electron chi connectivity index (χ0n) is 17.9. The topological polar surface area (TPSA) is 152 Å². The Morgan fingerprint density at radius 1 is 1.06 bits per heavy atom. The lowest BCUT2D eigenvalue weighted by molar-refractivity contribution is -0.384. The van der Waals surface area contributed by atoms with E-state index in [0.29, 0.717) is 46.9 Å². The summed E-state index contributed by atoms with van der Waals surface area (Å²) in [7, 11) is 0. The highest BCUT2D eigenvalue weighted by atomic mass is 16.6. The Balaban J connectivity index is 1.49.